The number of carbonyl (C=O) groups excluding carboxylic acids is 1. The van der Waals surface area contributed by atoms with E-state index in [4.69, 9.17) is 9.47 Å². The molecule has 0 aliphatic heterocycles. The Bertz CT molecular complexity index is 850. The zero-order valence-corrected chi connectivity index (χ0v) is 15.1. The molecule has 0 bridgehead atoms. The third-order valence-electron chi connectivity index (χ3n) is 3.91. The Morgan fingerprint density at radius 2 is 1.89 bits per heavy atom. The number of methoxy groups -OCH3 is 1. The van der Waals surface area contributed by atoms with Crippen molar-refractivity contribution in [2.45, 2.75) is 6.54 Å². The average Bonchev–Trinajstić information content (AvgIpc) is 2.74. The lowest BCUT2D eigenvalue weighted by molar-refractivity contribution is 0.0950. The van der Waals surface area contributed by atoms with E-state index in [1.165, 1.54) is 0 Å². The maximum Gasteiger partial charge on any atom is 0.251 e. The summed E-state index contributed by atoms with van der Waals surface area (Å²) in [6.07, 6.45) is 5.26. The van der Waals surface area contributed by atoms with Crippen LogP contribution in [-0.2, 0) is 11.3 Å². The second-order valence-corrected chi connectivity index (χ2v) is 5.84. The zero-order valence-electron chi connectivity index (χ0n) is 15.1. The average molecular weight is 363 g/mol. The van der Waals surface area contributed by atoms with E-state index in [2.05, 4.69) is 15.3 Å². The van der Waals surface area contributed by atoms with Crippen molar-refractivity contribution in [3.63, 3.8) is 0 Å². The van der Waals surface area contributed by atoms with Gasteiger partial charge >= 0.3 is 0 Å². The molecule has 27 heavy (non-hydrogen) atoms. The molecule has 1 aromatic carbocycles. The fraction of sp³-hybridized carbons (Fsp3) is 0.190. The first-order valence-electron chi connectivity index (χ1n) is 8.61. The highest BCUT2D eigenvalue weighted by Gasteiger charge is 2.06. The van der Waals surface area contributed by atoms with E-state index in [1.54, 1.807) is 50.0 Å². The van der Waals surface area contributed by atoms with E-state index in [0.717, 1.165) is 16.8 Å². The summed E-state index contributed by atoms with van der Waals surface area (Å²) in [6.45, 7) is 1.41. The van der Waals surface area contributed by atoms with Crippen LogP contribution in [0.3, 0.4) is 0 Å². The maximum absolute atomic E-state index is 12.3. The first-order valence-corrected chi connectivity index (χ1v) is 8.61. The molecular weight excluding hydrogens is 342 g/mol. The molecule has 0 fully saturated rings. The van der Waals surface area contributed by atoms with Crippen LogP contribution in [0.4, 0.5) is 0 Å². The monoisotopic (exact) mass is 363 g/mol. The molecule has 3 aromatic rings. The van der Waals surface area contributed by atoms with E-state index in [0.29, 0.717) is 31.1 Å². The summed E-state index contributed by atoms with van der Waals surface area (Å²) in [7, 11) is 1.62. The minimum absolute atomic E-state index is 0.144. The van der Waals surface area contributed by atoms with Gasteiger partial charge in [0, 0.05) is 43.4 Å². The van der Waals surface area contributed by atoms with Crippen LogP contribution in [0.5, 0.6) is 5.75 Å². The zero-order chi connectivity index (χ0) is 18.9. The van der Waals surface area contributed by atoms with Crippen molar-refractivity contribution >= 4 is 5.91 Å². The highest BCUT2D eigenvalue weighted by molar-refractivity contribution is 5.94. The Hall–Kier alpha value is -3.25. The lowest BCUT2D eigenvalue weighted by Crippen LogP contribution is -2.22. The number of amides is 1. The van der Waals surface area contributed by atoms with Gasteiger partial charge in [0.25, 0.3) is 5.91 Å². The van der Waals surface area contributed by atoms with Crippen LogP contribution in [0.25, 0.3) is 11.3 Å². The van der Waals surface area contributed by atoms with Crippen molar-refractivity contribution in [1.82, 2.24) is 15.3 Å². The SMILES string of the molecule is COCCOc1ccc(C(=O)NCc2ccc(-c3cccnc3)nc2)cc1. The third kappa shape index (κ3) is 5.36. The summed E-state index contributed by atoms with van der Waals surface area (Å²) in [4.78, 5) is 20.8. The number of hydrogen-bond acceptors (Lipinski definition) is 5. The first-order chi connectivity index (χ1) is 13.3. The molecule has 1 N–H and O–H groups in total. The molecule has 6 heteroatoms. The van der Waals surface area contributed by atoms with E-state index >= 15 is 0 Å². The summed E-state index contributed by atoms with van der Waals surface area (Å²) < 4.78 is 10.4. The Kier molecular flexibility index (Phi) is 6.49. The third-order valence-corrected chi connectivity index (χ3v) is 3.91. The number of rotatable bonds is 8. The van der Waals surface area contributed by atoms with Gasteiger partial charge in [0.05, 0.1) is 12.3 Å². The lowest BCUT2D eigenvalue weighted by atomic mass is 10.1. The Morgan fingerprint density at radius 3 is 2.56 bits per heavy atom. The number of aromatic nitrogens is 2. The molecule has 0 saturated carbocycles. The van der Waals surface area contributed by atoms with E-state index in [9.17, 15) is 4.79 Å². The van der Waals surface area contributed by atoms with Crippen LogP contribution in [-0.4, -0.2) is 36.2 Å². The molecule has 3 rings (SSSR count). The molecule has 0 spiro atoms. The normalized spacial score (nSPS) is 10.4. The quantitative estimate of drug-likeness (QED) is 0.623. The highest BCUT2D eigenvalue weighted by atomic mass is 16.5. The van der Waals surface area contributed by atoms with Crippen LogP contribution >= 0.6 is 0 Å². The van der Waals surface area contributed by atoms with Crippen molar-refractivity contribution in [3.8, 4) is 17.0 Å². The summed E-state index contributed by atoms with van der Waals surface area (Å²) in [6, 6.07) is 14.7. The first kappa shape index (κ1) is 18.5. The molecule has 0 saturated heterocycles. The molecule has 2 heterocycles. The van der Waals surface area contributed by atoms with Gasteiger partial charge in [0.2, 0.25) is 0 Å². The summed E-state index contributed by atoms with van der Waals surface area (Å²) in [5.74, 6) is 0.563. The van der Waals surface area contributed by atoms with Crippen LogP contribution in [0.15, 0.2) is 67.1 Å². The van der Waals surface area contributed by atoms with Crippen molar-refractivity contribution in [1.29, 1.82) is 0 Å². The van der Waals surface area contributed by atoms with E-state index in [-0.39, 0.29) is 5.91 Å². The fourth-order valence-corrected chi connectivity index (χ4v) is 2.44. The van der Waals surface area contributed by atoms with Gasteiger partial charge in [0.1, 0.15) is 12.4 Å². The number of hydrogen-bond donors (Lipinski definition) is 1. The molecule has 0 aliphatic carbocycles. The largest absolute Gasteiger partial charge is 0.491 e. The molecule has 0 unspecified atom stereocenters. The van der Waals surface area contributed by atoms with E-state index < -0.39 is 0 Å². The number of nitrogens with one attached hydrogen (secondary N) is 1. The van der Waals surface area contributed by atoms with E-state index in [1.807, 2.05) is 24.3 Å². The van der Waals surface area contributed by atoms with Gasteiger partial charge in [-0.25, -0.2) is 0 Å². The molecule has 0 radical (unpaired) electrons. The van der Waals surface area contributed by atoms with Gasteiger partial charge in [-0.2, -0.15) is 0 Å². The molecule has 138 valence electrons. The van der Waals surface area contributed by atoms with Gasteiger partial charge in [-0.1, -0.05) is 6.07 Å². The summed E-state index contributed by atoms with van der Waals surface area (Å²) >= 11 is 0. The van der Waals surface area contributed by atoms with Gasteiger partial charge in [-0.3, -0.25) is 14.8 Å². The highest BCUT2D eigenvalue weighted by Crippen LogP contribution is 2.15. The summed E-state index contributed by atoms with van der Waals surface area (Å²) in [5, 5.41) is 2.89. The molecule has 1 amide bonds. The number of nitrogens with zero attached hydrogens (tertiary/aromatic N) is 2. The van der Waals surface area contributed by atoms with Crippen molar-refractivity contribution in [2.24, 2.45) is 0 Å². The minimum Gasteiger partial charge on any atom is -0.491 e. The number of ether oxygens (including phenoxy) is 2. The number of carbonyl (C=O) groups is 1. The van der Waals surface area contributed by atoms with Gasteiger partial charge in [-0.15, -0.1) is 0 Å². The van der Waals surface area contributed by atoms with Gasteiger partial charge in [-0.05, 0) is 48.0 Å². The van der Waals surface area contributed by atoms with Crippen LogP contribution in [0.2, 0.25) is 0 Å². The Morgan fingerprint density at radius 1 is 1.04 bits per heavy atom. The smallest absolute Gasteiger partial charge is 0.251 e. The van der Waals surface area contributed by atoms with Gasteiger partial charge < -0.3 is 14.8 Å². The predicted molar refractivity (Wildman–Crippen MR) is 102 cm³/mol. The molecule has 2 aromatic heterocycles. The Labute approximate surface area is 158 Å². The number of benzene rings is 1. The molecular formula is C21H21N3O3. The van der Waals surface area contributed by atoms with Crippen LogP contribution in [0, 0.1) is 0 Å². The standard InChI is InChI=1S/C21H21N3O3/c1-26-11-12-27-19-7-5-17(6-8-19)21(25)24-14-16-4-9-20(23-13-16)18-3-2-10-22-15-18/h2-10,13,15H,11-12,14H2,1H3,(H,24,25). The molecule has 6 nitrogen and oxygen atoms in total. The molecule has 0 atom stereocenters. The second-order valence-electron chi connectivity index (χ2n) is 5.84. The minimum atomic E-state index is -0.144. The van der Waals surface area contributed by atoms with Crippen molar-refractivity contribution < 1.29 is 14.3 Å². The lowest BCUT2D eigenvalue weighted by Gasteiger charge is -2.08. The van der Waals surface area contributed by atoms with Crippen LogP contribution < -0.4 is 10.1 Å². The van der Waals surface area contributed by atoms with Crippen molar-refractivity contribution in [2.75, 3.05) is 20.3 Å². The fourth-order valence-electron chi connectivity index (χ4n) is 2.44. The van der Waals surface area contributed by atoms with Crippen LogP contribution in [0.1, 0.15) is 15.9 Å². The predicted octanol–water partition coefficient (Wildman–Crippen LogP) is 3.10. The Balaban J connectivity index is 1.53. The summed E-state index contributed by atoms with van der Waals surface area (Å²) in [5.41, 5.74) is 3.31. The molecule has 0 aliphatic rings. The number of pyridine rings is 2. The van der Waals surface area contributed by atoms with Gasteiger partial charge in [0.15, 0.2) is 0 Å². The second kappa shape index (κ2) is 9.45. The van der Waals surface area contributed by atoms with Crippen molar-refractivity contribution in [3.05, 3.63) is 78.2 Å². The topological polar surface area (TPSA) is 73.3 Å². The maximum atomic E-state index is 12.3.